The van der Waals surface area contributed by atoms with E-state index in [-0.39, 0.29) is 29.3 Å². The molecule has 1 aliphatic heterocycles. The van der Waals surface area contributed by atoms with E-state index in [1.54, 1.807) is 0 Å². The average Bonchev–Trinajstić information content (AvgIpc) is 3.05. The first kappa shape index (κ1) is 17.6. The van der Waals surface area contributed by atoms with Crippen LogP contribution in [0.1, 0.15) is 22.8 Å². The number of hydrogen-bond donors (Lipinski definition) is 2. The molecule has 0 bridgehead atoms. The molecule has 0 aliphatic carbocycles. The van der Waals surface area contributed by atoms with Gasteiger partial charge >= 0.3 is 0 Å². The Bertz CT molecular complexity index is 862. The van der Waals surface area contributed by atoms with Crippen molar-refractivity contribution in [3.8, 4) is 5.88 Å². The van der Waals surface area contributed by atoms with Gasteiger partial charge in [-0.15, -0.1) is 0 Å². The van der Waals surface area contributed by atoms with E-state index in [0.29, 0.717) is 25.3 Å². The highest BCUT2D eigenvalue weighted by Crippen LogP contribution is 2.27. The summed E-state index contributed by atoms with van der Waals surface area (Å²) < 4.78 is 25.4. The third-order valence-electron chi connectivity index (χ3n) is 4.04. The molecular formula is C16H17FN6O3. The van der Waals surface area contributed by atoms with Crippen molar-refractivity contribution in [2.75, 3.05) is 25.6 Å². The molecule has 0 unspecified atom stereocenters. The molecule has 9 nitrogen and oxygen atoms in total. The van der Waals surface area contributed by atoms with Gasteiger partial charge in [-0.05, 0) is 0 Å². The third-order valence-corrected chi connectivity index (χ3v) is 4.04. The summed E-state index contributed by atoms with van der Waals surface area (Å²) in [4.78, 5) is 18.9. The number of anilines is 2. The summed E-state index contributed by atoms with van der Waals surface area (Å²) in [5, 5.41) is 7.18. The van der Waals surface area contributed by atoms with E-state index in [1.807, 2.05) is 0 Å². The van der Waals surface area contributed by atoms with Crippen LogP contribution in [0.2, 0.25) is 0 Å². The minimum atomic E-state index is -0.749. The van der Waals surface area contributed by atoms with Crippen LogP contribution in [0, 0.1) is 12.5 Å². The van der Waals surface area contributed by atoms with Crippen LogP contribution in [0.25, 0.3) is 4.85 Å². The Hall–Kier alpha value is -3.19. The molecule has 1 amide bonds. The van der Waals surface area contributed by atoms with Crippen LogP contribution in [-0.4, -0.2) is 47.0 Å². The molecule has 2 atom stereocenters. The van der Waals surface area contributed by atoms with Crippen LogP contribution in [-0.2, 0) is 4.74 Å². The van der Waals surface area contributed by atoms with Crippen molar-refractivity contribution in [3.63, 3.8) is 0 Å². The van der Waals surface area contributed by atoms with Crippen molar-refractivity contribution in [2.45, 2.75) is 18.5 Å². The van der Waals surface area contributed by atoms with Crippen LogP contribution in [0.4, 0.5) is 15.9 Å². The number of halogens is 1. The molecule has 10 heteroatoms. The fraction of sp³-hybridized carbons (Fsp3) is 0.375. The summed E-state index contributed by atoms with van der Waals surface area (Å²) >= 11 is 0. The van der Waals surface area contributed by atoms with Crippen LogP contribution < -0.4 is 15.8 Å². The molecule has 0 saturated carbocycles. The third kappa shape index (κ3) is 3.57. The monoisotopic (exact) mass is 360 g/mol. The first-order valence-corrected chi connectivity index (χ1v) is 7.83. The number of hydrogen-bond acceptors (Lipinski definition) is 6. The van der Waals surface area contributed by atoms with Gasteiger partial charge in [0.2, 0.25) is 17.9 Å². The van der Waals surface area contributed by atoms with Crippen LogP contribution in [0.3, 0.4) is 0 Å². The molecular weight excluding hydrogens is 343 g/mol. The summed E-state index contributed by atoms with van der Waals surface area (Å²) in [6.45, 7) is 8.15. The van der Waals surface area contributed by atoms with E-state index in [0.717, 1.165) is 6.07 Å². The summed E-state index contributed by atoms with van der Waals surface area (Å²) in [6.07, 6.45) is 2.05. The van der Waals surface area contributed by atoms with Crippen molar-refractivity contribution in [3.05, 3.63) is 41.3 Å². The predicted octanol–water partition coefficient (Wildman–Crippen LogP) is 1.52. The Labute approximate surface area is 148 Å². The molecule has 0 aromatic carbocycles. The van der Waals surface area contributed by atoms with Crippen molar-refractivity contribution >= 4 is 17.4 Å². The number of nitrogens with one attached hydrogen (secondary N) is 1. The van der Waals surface area contributed by atoms with Gasteiger partial charge in [-0.25, -0.2) is 6.57 Å². The van der Waals surface area contributed by atoms with E-state index in [9.17, 15) is 9.18 Å². The van der Waals surface area contributed by atoms with Crippen LogP contribution in [0.15, 0.2) is 18.3 Å². The Morgan fingerprint density at radius 2 is 2.38 bits per heavy atom. The van der Waals surface area contributed by atoms with Gasteiger partial charge < -0.3 is 25.4 Å². The van der Waals surface area contributed by atoms with Gasteiger partial charge in [-0.1, -0.05) is 0 Å². The van der Waals surface area contributed by atoms with Gasteiger partial charge in [0.15, 0.2) is 5.82 Å². The summed E-state index contributed by atoms with van der Waals surface area (Å²) in [5.41, 5.74) is 5.85. The highest BCUT2D eigenvalue weighted by atomic mass is 19.1. The zero-order valence-electron chi connectivity index (χ0n) is 14.0. The Kier molecular flexibility index (Phi) is 4.99. The van der Waals surface area contributed by atoms with Crippen LogP contribution in [0.5, 0.6) is 5.88 Å². The Balaban J connectivity index is 1.94. The number of nitrogens with two attached hydrogens (primary N) is 1. The molecule has 1 saturated heterocycles. The molecule has 1 fully saturated rings. The van der Waals surface area contributed by atoms with Gasteiger partial charge in [0.1, 0.15) is 11.6 Å². The second-order valence-electron chi connectivity index (χ2n) is 5.71. The largest absolute Gasteiger partial charge is 0.481 e. The smallest absolute Gasteiger partial charge is 0.254 e. The van der Waals surface area contributed by atoms with Crippen molar-refractivity contribution < 1.29 is 18.7 Å². The van der Waals surface area contributed by atoms with Gasteiger partial charge in [0, 0.05) is 30.4 Å². The SMILES string of the molecule is [C-]#[N+][C@H]1CCOC[C@@H]1n1cc(C(N)=O)c(Nc2cc(F)nc(OC)c2)n1. The van der Waals surface area contributed by atoms with Crippen molar-refractivity contribution in [1.29, 1.82) is 0 Å². The molecule has 0 radical (unpaired) electrons. The summed E-state index contributed by atoms with van der Waals surface area (Å²) in [6, 6.07) is 1.95. The predicted molar refractivity (Wildman–Crippen MR) is 89.6 cm³/mol. The lowest BCUT2D eigenvalue weighted by molar-refractivity contribution is 0.0506. The molecule has 26 heavy (non-hydrogen) atoms. The molecule has 0 spiro atoms. The standard InChI is InChI=1S/C16H17FN6O3/c1-19-11-3-4-26-8-12(11)23-7-10(15(18)24)16(22-23)20-9-5-13(17)21-14(6-9)25-2/h5-7,11-12H,3-4,8H2,2H3,(H2,18,24)(H,20,21,22)/t11-,12-/m0/s1. The molecule has 3 N–H and O–H groups in total. The molecule has 136 valence electrons. The number of carbonyl (C=O) groups is 1. The maximum Gasteiger partial charge on any atom is 0.254 e. The van der Waals surface area contributed by atoms with Gasteiger partial charge in [0.05, 0.1) is 20.3 Å². The fourth-order valence-electron chi connectivity index (χ4n) is 2.74. The van der Waals surface area contributed by atoms with E-state index in [2.05, 4.69) is 20.2 Å². The van der Waals surface area contributed by atoms with Gasteiger partial charge in [0.25, 0.3) is 5.91 Å². The quantitative estimate of drug-likeness (QED) is 0.618. The minimum Gasteiger partial charge on any atom is -0.481 e. The van der Waals surface area contributed by atoms with E-state index in [4.69, 9.17) is 21.8 Å². The molecule has 3 heterocycles. The minimum absolute atomic E-state index is 0.0707. The number of nitrogens with zero attached hydrogens (tertiary/aromatic N) is 4. The second-order valence-corrected chi connectivity index (χ2v) is 5.71. The van der Waals surface area contributed by atoms with E-state index in [1.165, 1.54) is 24.1 Å². The lowest BCUT2D eigenvalue weighted by atomic mass is 10.1. The topological polar surface area (TPSA) is 109 Å². The van der Waals surface area contributed by atoms with E-state index < -0.39 is 11.9 Å². The summed E-state index contributed by atoms with van der Waals surface area (Å²) in [7, 11) is 1.36. The normalized spacial score (nSPS) is 19.6. The van der Waals surface area contributed by atoms with Gasteiger partial charge in [-0.2, -0.15) is 14.5 Å². The number of primary amides is 1. The van der Waals surface area contributed by atoms with Crippen LogP contribution >= 0.6 is 0 Å². The van der Waals surface area contributed by atoms with Crippen molar-refractivity contribution in [2.24, 2.45) is 5.73 Å². The number of rotatable bonds is 5. The first-order valence-electron chi connectivity index (χ1n) is 7.83. The average molecular weight is 360 g/mol. The lowest BCUT2D eigenvalue weighted by Gasteiger charge is -2.23. The first-order chi connectivity index (χ1) is 12.5. The highest BCUT2D eigenvalue weighted by molar-refractivity contribution is 5.98. The maximum absolute atomic E-state index is 13.6. The maximum atomic E-state index is 13.6. The second kappa shape index (κ2) is 7.37. The molecule has 3 rings (SSSR count). The fourth-order valence-corrected chi connectivity index (χ4v) is 2.74. The number of aromatic nitrogens is 3. The highest BCUT2D eigenvalue weighted by Gasteiger charge is 2.33. The number of amides is 1. The lowest BCUT2D eigenvalue weighted by Crippen LogP contribution is -2.32. The zero-order valence-corrected chi connectivity index (χ0v) is 14.0. The summed E-state index contributed by atoms with van der Waals surface area (Å²) in [5.74, 6) is -1.22. The molecule has 1 aliphatic rings. The number of carbonyl (C=O) groups excluding carboxylic acids is 1. The van der Waals surface area contributed by atoms with E-state index >= 15 is 0 Å². The number of methoxy groups -OCH3 is 1. The number of pyridine rings is 1. The van der Waals surface area contributed by atoms with Gasteiger partial charge in [-0.3, -0.25) is 9.48 Å². The Morgan fingerprint density at radius 1 is 1.58 bits per heavy atom. The molecule has 2 aromatic rings. The number of ether oxygens (including phenoxy) is 2. The zero-order chi connectivity index (χ0) is 18.7. The van der Waals surface area contributed by atoms with Crippen molar-refractivity contribution in [1.82, 2.24) is 14.8 Å². The Morgan fingerprint density at radius 3 is 3.08 bits per heavy atom. The molecule has 2 aromatic heterocycles.